The van der Waals surface area contributed by atoms with Crippen LogP contribution in [0.25, 0.3) is 11.5 Å². The predicted molar refractivity (Wildman–Crippen MR) is 105 cm³/mol. The van der Waals surface area contributed by atoms with Gasteiger partial charge in [-0.25, -0.2) is 19.6 Å². The van der Waals surface area contributed by atoms with Gasteiger partial charge in [0.1, 0.15) is 23.0 Å². The van der Waals surface area contributed by atoms with Crippen molar-refractivity contribution >= 4 is 17.4 Å². The maximum atomic E-state index is 12.6. The van der Waals surface area contributed by atoms with E-state index in [9.17, 15) is 4.79 Å². The van der Waals surface area contributed by atoms with E-state index in [-0.39, 0.29) is 5.91 Å². The molecule has 4 aromatic rings. The van der Waals surface area contributed by atoms with Crippen LogP contribution < -0.4 is 10.6 Å². The van der Waals surface area contributed by atoms with E-state index in [0.717, 1.165) is 5.65 Å². The fourth-order valence-corrected chi connectivity index (χ4v) is 3.00. The van der Waals surface area contributed by atoms with Gasteiger partial charge in [0.2, 0.25) is 0 Å². The molecular weight excluding hydrogens is 356 g/mol. The molecule has 0 aromatic carbocycles. The second kappa shape index (κ2) is 7.47. The summed E-state index contributed by atoms with van der Waals surface area (Å²) in [6.07, 6.45) is 5.36. The van der Waals surface area contributed by atoms with Crippen molar-refractivity contribution in [3.63, 3.8) is 0 Å². The molecule has 0 spiro atoms. The summed E-state index contributed by atoms with van der Waals surface area (Å²) in [6.45, 7) is 4.63. The van der Waals surface area contributed by atoms with Crippen molar-refractivity contribution in [1.82, 2.24) is 34.4 Å². The molecule has 4 rings (SSSR count). The van der Waals surface area contributed by atoms with E-state index < -0.39 is 0 Å². The van der Waals surface area contributed by atoms with Gasteiger partial charge in [-0.05, 0) is 32.0 Å². The molecule has 4 heterocycles. The van der Waals surface area contributed by atoms with E-state index in [1.165, 1.54) is 0 Å². The third kappa shape index (κ3) is 3.54. The normalized spacial score (nSPS) is 10.9. The molecule has 0 aliphatic carbocycles. The summed E-state index contributed by atoms with van der Waals surface area (Å²) < 4.78 is 3.47. The number of carbonyl (C=O) groups is 1. The van der Waals surface area contributed by atoms with Crippen LogP contribution in [0.5, 0.6) is 0 Å². The number of nitrogens with one attached hydrogen (secondary N) is 2. The summed E-state index contributed by atoms with van der Waals surface area (Å²) in [5.41, 5.74) is 2.01. The summed E-state index contributed by atoms with van der Waals surface area (Å²) in [5, 5.41) is 10.3. The topological polar surface area (TPSA) is 102 Å². The van der Waals surface area contributed by atoms with Crippen LogP contribution in [0.15, 0.2) is 48.9 Å². The average Bonchev–Trinajstić information content (AvgIpc) is 3.32. The number of pyridine rings is 1. The van der Waals surface area contributed by atoms with Crippen LogP contribution in [0.1, 0.15) is 22.0 Å². The number of anilines is 1. The third-order valence-corrected chi connectivity index (χ3v) is 4.20. The second-order valence-electron chi connectivity index (χ2n) is 6.27. The number of aryl methyl sites for hydroxylation is 2. The number of carbonyl (C=O) groups excluding carboxylic acids is 1. The zero-order valence-electron chi connectivity index (χ0n) is 15.6. The molecule has 0 bridgehead atoms. The van der Waals surface area contributed by atoms with Gasteiger partial charge in [0.05, 0.1) is 5.69 Å². The maximum absolute atomic E-state index is 12.6. The van der Waals surface area contributed by atoms with Crippen LogP contribution in [-0.4, -0.2) is 48.1 Å². The monoisotopic (exact) mass is 376 g/mol. The van der Waals surface area contributed by atoms with E-state index >= 15 is 0 Å². The van der Waals surface area contributed by atoms with Gasteiger partial charge in [-0.15, -0.1) is 0 Å². The van der Waals surface area contributed by atoms with Crippen LogP contribution in [0, 0.1) is 13.8 Å². The van der Waals surface area contributed by atoms with Crippen LogP contribution in [-0.2, 0) is 0 Å². The Morgan fingerprint density at radius 1 is 1.07 bits per heavy atom. The average molecular weight is 376 g/mol. The molecule has 0 saturated carbocycles. The molecule has 0 radical (unpaired) electrons. The lowest BCUT2D eigenvalue weighted by atomic mass is 10.3. The molecule has 0 atom stereocenters. The van der Waals surface area contributed by atoms with Gasteiger partial charge >= 0.3 is 0 Å². The van der Waals surface area contributed by atoms with E-state index in [0.29, 0.717) is 41.9 Å². The molecule has 1 amide bonds. The fourth-order valence-electron chi connectivity index (χ4n) is 3.00. The summed E-state index contributed by atoms with van der Waals surface area (Å²) in [4.78, 5) is 25.7. The first kappa shape index (κ1) is 17.7. The Balaban J connectivity index is 1.38. The predicted octanol–water partition coefficient (Wildman–Crippen LogP) is 1.77. The summed E-state index contributed by atoms with van der Waals surface area (Å²) in [5.74, 6) is 1.85. The molecule has 0 aliphatic heterocycles. The van der Waals surface area contributed by atoms with Crippen molar-refractivity contribution in [3.8, 4) is 5.82 Å². The van der Waals surface area contributed by atoms with Crippen molar-refractivity contribution < 1.29 is 4.79 Å². The maximum Gasteiger partial charge on any atom is 0.270 e. The molecule has 28 heavy (non-hydrogen) atoms. The van der Waals surface area contributed by atoms with Gasteiger partial charge < -0.3 is 10.6 Å². The lowest BCUT2D eigenvalue weighted by Gasteiger charge is -2.10. The Hall–Kier alpha value is -3.75. The first-order valence-corrected chi connectivity index (χ1v) is 8.93. The number of imidazole rings is 1. The molecule has 9 heteroatoms. The number of nitrogens with zero attached hydrogens (tertiary/aromatic N) is 6. The molecule has 9 nitrogen and oxygen atoms in total. The van der Waals surface area contributed by atoms with Gasteiger partial charge in [-0.2, -0.15) is 5.10 Å². The van der Waals surface area contributed by atoms with Crippen molar-refractivity contribution in [1.29, 1.82) is 0 Å². The number of fused-ring (bicyclic) bond motifs is 1. The number of amides is 1. The summed E-state index contributed by atoms with van der Waals surface area (Å²) >= 11 is 0. The molecule has 2 N–H and O–H groups in total. The summed E-state index contributed by atoms with van der Waals surface area (Å²) in [6, 6.07) is 9.30. The lowest BCUT2D eigenvalue weighted by Crippen LogP contribution is -2.30. The quantitative estimate of drug-likeness (QED) is 0.497. The summed E-state index contributed by atoms with van der Waals surface area (Å²) in [7, 11) is 0. The van der Waals surface area contributed by atoms with Gasteiger partial charge in [-0.1, -0.05) is 6.07 Å². The van der Waals surface area contributed by atoms with Gasteiger partial charge in [0.15, 0.2) is 5.82 Å². The molecule has 4 aromatic heterocycles. The molecule has 0 fully saturated rings. The molecule has 0 unspecified atom stereocenters. The standard InChI is InChI=1S/C19H20N8O/c1-13-18(26-10-4-3-6-16(26)23-13)19(28)21-9-8-20-15-12-17(25-14(2)24-15)27-11-5-7-22-27/h3-7,10-12H,8-9H2,1-2H3,(H,21,28)(H,20,24,25). The van der Waals surface area contributed by atoms with E-state index in [4.69, 9.17) is 0 Å². The highest BCUT2D eigenvalue weighted by molar-refractivity contribution is 5.94. The van der Waals surface area contributed by atoms with Gasteiger partial charge in [0.25, 0.3) is 5.91 Å². The third-order valence-electron chi connectivity index (χ3n) is 4.20. The number of aromatic nitrogens is 6. The minimum Gasteiger partial charge on any atom is -0.368 e. The highest BCUT2D eigenvalue weighted by Crippen LogP contribution is 2.12. The van der Waals surface area contributed by atoms with E-state index in [1.807, 2.05) is 56.6 Å². The minimum atomic E-state index is -0.158. The number of hydrogen-bond donors (Lipinski definition) is 2. The van der Waals surface area contributed by atoms with Crippen molar-refractivity contribution in [2.75, 3.05) is 18.4 Å². The number of hydrogen-bond acceptors (Lipinski definition) is 6. The Bertz CT molecular complexity index is 1120. The molecular formula is C19H20N8O. The van der Waals surface area contributed by atoms with Gasteiger partial charge in [-0.3, -0.25) is 9.20 Å². The van der Waals surface area contributed by atoms with Crippen molar-refractivity contribution in [3.05, 3.63) is 66.1 Å². The number of rotatable bonds is 6. The zero-order chi connectivity index (χ0) is 19.5. The Kier molecular flexibility index (Phi) is 4.71. The SMILES string of the molecule is Cc1nc(NCCNC(=O)c2c(C)nc3ccccn23)cc(-n2cccn2)n1. The van der Waals surface area contributed by atoms with Crippen LogP contribution in [0.4, 0.5) is 5.82 Å². The zero-order valence-corrected chi connectivity index (χ0v) is 15.6. The molecule has 142 valence electrons. The first-order valence-electron chi connectivity index (χ1n) is 8.93. The fraction of sp³-hybridized carbons (Fsp3) is 0.211. The molecule has 0 aliphatic rings. The van der Waals surface area contributed by atoms with Crippen LogP contribution in [0.3, 0.4) is 0 Å². The lowest BCUT2D eigenvalue weighted by molar-refractivity contribution is 0.0948. The minimum absolute atomic E-state index is 0.158. The van der Waals surface area contributed by atoms with E-state index in [1.54, 1.807) is 15.3 Å². The highest BCUT2D eigenvalue weighted by atomic mass is 16.1. The van der Waals surface area contributed by atoms with Crippen molar-refractivity contribution in [2.45, 2.75) is 13.8 Å². The van der Waals surface area contributed by atoms with Crippen LogP contribution in [0.2, 0.25) is 0 Å². The Morgan fingerprint density at radius 2 is 1.96 bits per heavy atom. The molecule has 0 saturated heterocycles. The van der Waals surface area contributed by atoms with Crippen LogP contribution >= 0.6 is 0 Å². The second-order valence-corrected chi connectivity index (χ2v) is 6.27. The first-order chi connectivity index (χ1) is 13.6. The Labute approximate surface area is 161 Å². The highest BCUT2D eigenvalue weighted by Gasteiger charge is 2.15. The van der Waals surface area contributed by atoms with Gasteiger partial charge in [0, 0.05) is 37.7 Å². The largest absolute Gasteiger partial charge is 0.368 e. The smallest absolute Gasteiger partial charge is 0.270 e. The van der Waals surface area contributed by atoms with Crippen molar-refractivity contribution in [2.24, 2.45) is 0 Å². The van der Waals surface area contributed by atoms with E-state index in [2.05, 4.69) is 30.7 Å². The Morgan fingerprint density at radius 3 is 2.79 bits per heavy atom.